The Hall–Kier alpha value is -2.42. The molecule has 0 aliphatic carbocycles. The van der Waals surface area contributed by atoms with Crippen molar-refractivity contribution in [1.82, 2.24) is 4.90 Å². The molecule has 20 heavy (non-hydrogen) atoms. The Bertz CT molecular complexity index is 615. The second-order valence-corrected chi connectivity index (χ2v) is 4.68. The van der Waals surface area contributed by atoms with Crippen molar-refractivity contribution < 1.29 is 9.18 Å². The Balaban J connectivity index is 2.48. The van der Waals surface area contributed by atoms with Gasteiger partial charge in [0, 0.05) is 19.7 Å². The Labute approximate surface area is 118 Å². The molecule has 0 aliphatic rings. The number of hydrogen-bond donors (Lipinski definition) is 0. The zero-order valence-corrected chi connectivity index (χ0v) is 11.5. The minimum atomic E-state index is -0.315. The second kappa shape index (κ2) is 6.15. The van der Waals surface area contributed by atoms with Gasteiger partial charge in [0.05, 0.1) is 0 Å². The summed E-state index contributed by atoms with van der Waals surface area (Å²) in [5, 5.41) is 0. The van der Waals surface area contributed by atoms with Gasteiger partial charge in [-0.05, 0) is 29.3 Å². The lowest BCUT2D eigenvalue weighted by Crippen LogP contribution is -2.22. The molecule has 0 bridgehead atoms. The van der Waals surface area contributed by atoms with Crippen molar-refractivity contribution in [3.05, 3.63) is 71.5 Å². The first kappa shape index (κ1) is 14.0. The molecule has 0 N–H and O–H groups in total. The standard InChI is InChI=1S/C17H16FNO/c1-19(2)17(20)16(12-13-6-4-3-5-7-13)14-8-10-15(18)11-9-14/h3-12H,1-2H3. The average molecular weight is 269 g/mol. The molecule has 0 spiro atoms. The summed E-state index contributed by atoms with van der Waals surface area (Å²) in [5.41, 5.74) is 2.18. The van der Waals surface area contributed by atoms with E-state index in [1.807, 2.05) is 36.4 Å². The molecule has 3 heteroatoms. The van der Waals surface area contributed by atoms with Crippen LogP contribution in [0.3, 0.4) is 0 Å². The monoisotopic (exact) mass is 269 g/mol. The van der Waals surface area contributed by atoms with E-state index in [1.165, 1.54) is 17.0 Å². The first-order chi connectivity index (χ1) is 9.58. The molecule has 0 unspecified atom stereocenters. The van der Waals surface area contributed by atoms with E-state index in [-0.39, 0.29) is 11.7 Å². The van der Waals surface area contributed by atoms with E-state index in [1.54, 1.807) is 26.2 Å². The highest BCUT2D eigenvalue weighted by molar-refractivity contribution is 6.23. The van der Waals surface area contributed by atoms with E-state index in [0.29, 0.717) is 11.1 Å². The molecule has 0 heterocycles. The van der Waals surface area contributed by atoms with E-state index in [0.717, 1.165) is 5.56 Å². The van der Waals surface area contributed by atoms with Crippen molar-refractivity contribution in [2.45, 2.75) is 0 Å². The van der Waals surface area contributed by atoms with Gasteiger partial charge in [0.15, 0.2) is 0 Å². The van der Waals surface area contributed by atoms with Gasteiger partial charge >= 0.3 is 0 Å². The summed E-state index contributed by atoms with van der Waals surface area (Å²) in [4.78, 5) is 13.8. The molecule has 0 atom stereocenters. The summed E-state index contributed by atoms with van der Waals surface area (Å²) in [5.74, 6) is -0.425. The van der Waals surface area contributed by atoms with E-state index in [2.05, 4.69) is 0 Å². The predicted octanol–water partition coefficient (Wildman–Crippen LogP) is 3.45. The van der Waals surface area contributed by atoms with Gasteiger partial charge in [-0.25, -0.2) is 4.39 Å². The molecular formula is C17H16FNO. The van der Waals surface area contributed by atoms with Gasteiger partial charge in [-0.3, -0.25) is 4.79 Å². The highest BCUT2D eigenvalue weighted by Gasteiger charge is 2.14. The van der Waals surface area contributed by atoms with Gasteiger partial charge in [0.1, 0.15) is 5.82 Å². The first-order valence-electron chi connectivity index (χ1n) is 6.32. The van der Waals surface area contributed by atoms with Crippen LogP contribution >= 0.6 is 0 Å². The number of halogens is 1. The van der Waals surface area contributed by atoms with Crippen LogP contribution in [0.25, 0.3) is 11.6 Å². The van der Waals surface area contributed by atoms with E-state index >= 15 is 0 Å². The summed E-state index contributed by atoms with van der Waals surface area (Å²) in [6.07, 6.45) is 1.82. The number of carbonyl (C=O) groups excluding carboxylic acids is 1. The summed E-state index contributed by atoms with van der Waals surface area (Å²) >= 11 is 0. The van der Waals surface area contributed by atoms with Crippen LogP contribution in [0, 0.1) is 5.82 Å². The van der Waals surface area contributed by atoms with Gasteiger partial charge < -0.3 is 4.90 Å². The maximum Gasteiger partial charge on any atom is 0.253 e. The Morgan fingerprint density at radius 1 is 1.00 bits per heavy atom. The van der Waals surface area contributed by atoms with Gasteiger partial charge in [-0.1, -0.05) is 42.5 Å². The number of amides is 1. The first-order valence-corrected chi connectivity index (χ1v) is 6.32. The number of likely N-dealkylation sites (N-methyl/N-ethyl adjacent to an activating group) is 1. The zero-order valence-electron chi connectivity index (χ0n) is 11.5. The molecule has 0 fully saturated rings. The number of nitrogens with zero attached hydrogens (tertiary/aromatic N) is 1. The molecule has 2 nitrogen and oxygen atoms in total. The molecule has 2 rings (SSSR count). The van der Waals surface area contributed by atoms with Crippen molar-refractivity contribution in [3.8, 4) is 0 Å². The van der Waals surface area contributed by atoms with Crippen LogP contribution in [0.4, 0.5) is 4.39 Å². The minimum Gasteiger partial charge on any atom is -0.345 e. The van der Waals surface area contributed by atoms with Crippen molar-refractivity contribution in [1.29, 1.82) is 0 Å². The highest BCUT2D eigenvalue weighted by Crippen LogP contribution is 2.20. The molecule has 102 valence electrons. The number of rotatable bonds is 3. The smallest absolute Gasteiger partial charge is 0.253 e. The summed E-state index contributed by atoms with van der Waals surface area (Å²) in [6.45, 7) is 0. The van der Waals surface area contributed by atoms with Crippen molar-refractivity contribution in [2.75, 3.05) is 14.1 Å². The van der Waals surface area contributed by atoms with E-state index in [9.17, 15) is 9.18 Å². The van der Waals surface area contributed by atoms with Crippen LogP contribution < -0.4 is 0 Å². The van der Waals surface area contributed by atoms with Crippen molar-refractivity contribution in [3.63, 3.8) is 0 Å². The van der Waals surface area contributed by atoms with E-state index in [4.69, 9.17) is 0 Å². The third kappa shape index (κ3) is 3.32. The maximum absolute atomic E-state index is 13.0. The maximum atomic E-state index is 13.0. The fourth-order valence-electron chi connectivity index (χ4n) is 1.85. The third-order valence-electron chi connectivity index (χ3n) is 2.90. The summed E-state index contributed by atoms with van der Waals surface area (Å²) < 4.78 is 13.0. The predicted molar refractivity (Wildman–Crippen MR) is 79.4 cm³/mol. The number of carbonyl (C=O) groups is 1. The lowest BCUT2D eigenvalue weighted by Gasteiger charge is -2.14. The quantitative estimate of drug-likeness (QED) is 0.617. The van der Waals surface area contributed by atoms with Crippen molar-refractivity contribution >= 4 is 17.6 Å². The molecular weight excluding hydrogens is 253 g/mol. The molecule has 2 aromatic rings. The molecule has 2 aromatic carbocycles. The fourth-order valence-corrected chi connectivity index (χ4v) is 1.85. The molecule has 0 aromatic heterocycles. The van der Waals surface area contributed by atoms with Crippen LogP contribution in [-0.2, 0) is 4.79 Å². The number of benzene rings is 2. The van der Waals surface area contributed by atoms with Crippen LogP contribution in [-0.4, -0.2) is 24.9 Å². The number of hydrogen-bond acceptors (Lipinski definition) is 1. The molecule has 0 radical (unpaired) electrons. The highest BCUT2D eigenvalue weighted by atomic mass is 19.1. The van der Waals surface area contributed by atoms with Crippen LogP contribution in [0.1, 0.15) is 11.1 Å². The van der Waals surface area contributed by atoms with Crippen LogP contribution in [0.2, 0.25) is 0 Å². The topological polar surface area (TPSA) is 20.3 Å². The SMILES string of the molecule is CN(C)C(=O)C(=Cc1ccccc1)c1ccc(F)cc1. The molecule has 0 aliphatic heterocycles. The van der Waals surface area contributed by atoms with Gasteiger partial charge in [0.2, 0.25) is 0 Å². The normalized spacial score (nSPS) is 11.2. The van der Waals surface area contributed by atoms with Gasteiger partial charge in [-0.2, -0.15) is 0 Å². The van der Waals surface area contributed by atoms with Gasteiger partial charge in [0.25, 0.3) is 5.91 Å². The fraction of sp³-hybridized carbons (Fsp3) is 0.118. The second-order valence-electron chi connectivity index (χ2n) is 4.68. The lowest BCUT2D eigenvalue weighted by molar-refractivity contribution is -0.122. The van der Waals surface area contributed by atoms with E-state index < -0.39 is 0 Å². The lowest BCUT2D eigenvalue weighted by atomic mass is 10.0. The molecule has 1 amide bonds. The Kier molecular flexibility index (Phi) is 4.31. The largest absolute Gasteiger partial charge is 0.345 e. The average Bonchev–Trinajstić information content (AvgIpc) is 2.46. The molecule has 0 saturated heterocycles. The van der Waals surface area contributed by atoms with Crippen molar-refractivity contribution in [2.24, 2.45) is 0 Å². The zero-order chi connectivity index (χ0) is 14.5. The molecule has 0 saturated carbocycles. The Morgan fingerprint density at radius 2 is 1.60 bits per heavy atom. The summed E-state index contributed by atoms with van der Waals surface area (Å²) in [6, 6.07) is 15.5. The van der Waals surface area contributed by atoms with Crippen LogP contribution in [0.5, 0.6) is 0 Å². The summed E-state index contributed by atoms with van der Waals surface area (Å²) in [7, 11) is 3.40. The Morgan fingerprint density at radius 3 is 2.15 bits per heavy atom. The third-order valence-corrected chi connectivity index (χ3v) is 2.90. The minimum absolute atomic E-state index is 0.111. The van der Waals surface area contributed by atoms with Crippen LogP contribution in [0.15, 0.2) is 54.6 Å². The van der Waals surface area contributed by atoms with Gasteiger partial charge in [-0.15, -0.1) is 0 Å².